The van der Waals surface area contributed by atoms with Crippen LogP contribution in [0, 0.1) is 6.92 Å². The van der Waals surface area contributed by atoms with Gasteiger partial charge in [0.2, 0.25) is 5.88 Å². The number of hydrogen-bond acceptors (Lipinski definition) is 4. The maximum Gasteiger partial charge on any atom is 0.422 e. The second kappa shape index (κ2) is 7.31. The molecule has 0 spiro atoms. The molecule has 2 N–H and O–H groups in total. The van der Waals surface area contributed by atoms with E-state index in [4.69, 9.17) is 5.11 Å². The van der Waals surface area contributed by atoms with E-state index in [0.717, 1.165) is 5.56 Å². The van der Waals surface area contributed by atoms with Crippen LogP contribution in [0.2, 0.25) is 0 Å². The van der Waals surface area contributed by atoms with E-state index in [9.17, 15) is 18.0 Å². The molecule has 128 valence electrons. The summed E-state index contributed by atoms with van der Waals surface area (Å²) in [6, 6.07) is 9.04. The Morgan fingerprint density at radius 3 is 2.71 bits per heavy atom. The van der Waals surface area contributed by atoms with Crippen molar-refractivity contribution in [2.45, 2.75) is 19.7 Å². The van der Waals surface area contributed by atoms with Gasteiger partial charge in [0.05, 0.1) is 6.61 Å². The summed E-state index contributed by atoms with van der Waals surface area (Å²) in [6.45, 7) is 0.109. The molecule has 2 aromatic rings. The normalized spacial score (nSPS) is 11.2. The number of alkyl halides is 3. The largest absolute Gasteiger partial charge is 0.468 e. The van der Waals surface area contributed by atoms with Gasteiger partial charge in [0.1, 0.15) is 5.69 Å². The van der Waals surface area contributed by atoms with Gasteiger partial charge in [-0.2, -0.15) is 13.2 Å². The van der Waals surface area contributed by atoms with Crippen LogP contribution in [0.1, 0.15) is 21.6 Å². The third-order valence-corrected chi connectivity index (χ3v) is 3.07. The average Bonchev–Trinajstić information content (AvgIpc) is 2.54. The van der Waals surface area contributed by atoms with Crippen LogP contribution in [0.15, 0.2) is 36.4 Å². The number of amides is 1. The number of rotatable bonds is 5. The van der Waals surface area contributed by atoms with Gasteiger partial charge < -0.3 is 15.2 Å². The molecule has 0 atom stereocenters. The van der Waals surface area contributed by atoms with Crippen LogP contribution in [0.25, 0.3) is 0 Å². The third kappa shape index (κ3) is 4.95. The highest BCUT2D eigenvalue weighted by Gasteiger charge is 2.28. The summed E-state index contributed by atoms with van der Waals surface area (Å²) >= 11 is 0. The highest BCUT2D eigenvalue weighted by Crippen LogP contribution is 2.19. The van der Waals surface area contributed by atoms with Crippen LogP contribution in [0.5, 0.6) is 5.88 Å². The standard InChI is InChI=1S/C16H15F3N2O3/c1-10-5-6-11(8-22)7-13(10)21-15(23)12-3-2-4-14(20-12)24-9-16(17,18)19/h2-7,22H,8-9H2,1H3,(H,21,23). The monoisotopic (exact) mass is 340 g/mol. The Morgan fingerprint density at radius 1 is 1.29 bits per heavy atom. The van der Waals surface area contributed by atoms with E-state index in [0.29, 0.717) is 11.3 Å². The molecule has 1 amide bonds. The van der Waals surface area contributed by atoms with Crippen molar-refractivity contribution in [3.05, 3.63) is 53.2 Å². The number of aryl methyl sites for hydroxylation is 1. The van der Waals surface area contributed by atoms with Gasteiger partial charge in [0.25, 0.3) is 5.91 Å². The Bertz CT molecular complexity index is 733. The molecule has 0 aliphatic rings. The summed E-state index contributed by atoms with van der Waals surface area (Å²) < 4.78 is 41.0. The van der Waals surface area contributed by atoms with E-state index in [-0.39, 0.29) is 18.2 Å². The van der Waals surface area contributed by atoms with E-state index >= 15 is 0 Å². The second-order valence-electron chi connectivity index (χ2n) is 5.03. The molecule has 0 bridgehead atoms. The number of pyridine rings is 1. The predicted molar refractivity (Wildman–Crippen MR) is 80.8 cm³/mol. The number of anilines is 1. The smallest absolute Gasteiger partial charge is 0.422 e. The van der Waals surface area contributed by atoms with Gasteiger partial charge in [0, 0.05) is 11.8 Å². The van der Waals surface area contributed by atoms with Gasteiger partial charge in [-0.05, 0) is 30.2 Å². The number of hydrogen-bond donors (Lipinski definition) is 2. The number of carbonyl (C=O) groups is 1. The van der Waals surface area contributed by atoms with Gasteiger partial charge in [0.15, 0.2) is 6.61 Å². The number of aromatic nitrogens is 1. The fourth-order valence-corrected chi connectivity index (χ4v) is 1.87. The lowest BCUT2D eigenvalue weighted by Gasteiger charge is -2.11. The topological polar surface area (TPSA) is 71.5 Å². The summed E-state index contributed by atoms with van der Waals surface area (Å²) in [5.41, 5.74) is 1.79. The highest BCUT2D eigenvalue weighted by molar-refractivity contribution is 6.03. The first kappa shape index (κ1) is 17.7. The van der Waals surface area contributed by atoms with Crippen molar-refractivity contribution in [3.8, 4) is 5.88 Å². The molecule has 1 heterocycles. The molecule has 1 aromatic carbocycles. The first-order valence-electron chi connectivity index (χ1n) is 6.97. The summed E-state index contributed by atoms with van der Waals surface area (Å²) in [5, 5.41) is 11.7. The SMILES string of the molecule is Cc1ccc(CO)cc1NC(=O)c1cccc(OCC(F)(F)F)n1. The summed E-state index contributed by atoms with van der Waals surface area (Å²) in [5.74, 6) is -0.883. The van der Waals surface area contributed by atoms with Crippen LogP contribution in [0.4, 0.5) is 18.9 Å². The average molecular weight is 340 g/mol. The van der Waals surface area contributed by atoms with E-state index in [1.165, 1.54) is 18.2 Å². The van der Waals surface area contributed by atoms with E-state index in [1.807, 2.05) is 0 Å². The van der Waals surface area contributed by atoms with Crippen molar-refractivity contribution in [2.24, 2.45) is 0 Å². The molecular formula is C16H15F3N2O3. The lowest BCUT2D eigenvalue weighted by molar-refractivity contribution is -0.154. The van der Waals surface area contributed by atoms with Gasteiger partial charge in [-0.1, -0.05) is 18.2 Å². The molecule has 2 rings (SSSR count). The van der Waals surface area contributed by atoms with Gasteiger partial charge in [-0.15, -0.1) is 0 Å². The number of carbonyl (C=O) groups excluding carboxylic acids is 1. The fraction of sp³-hybridized carbons (Fsp3) is 0.250. The van der Waals surface area contributed by atoms with Crippen LogP contribution in [0.3, 0.4) is 0 Å². The number of ether oxygens (including phenoxy) is 1. The molecule has 0 saturated heterocycles. The Balaban J connectivity index is 2.13. The third-order valence-electron chi connectivity index (χ3n) is 3.07. The zero-order chi connectivity index (χ0) is 17.7. The number of aliphatic hydroxyl groups excluding tert-OH is 1. The molecule has 0 saturated carbocycles. The molecular weight excluding hydrogens is 325 g/mol. The molecule has 1 aromatic heterocycles. The lowest BCUT2D eigenvalue weighted by atomic mass is 10.1. The van der Waals surface area contributed by atoms with Crippen LogP contribution in [-0.4, -0.2) is 28.8 Å². The minimum Gasteiger partial charge on any atom is -0.468 e. The first-order chi connectivity index (χ1) is 11.3. The van der Waals surface area contributed by atoms with Crippen LogP contribution < -0.4 is 10.1 Å². The van der Waals surface area contributed by atoms with Crippen molar-refractivity contribution in [1.82, 2.24) is 4.98 Å². The highest BCUT2D eigenvalue weighted by atomic mass is 19.4. The maximum atomic E-state index is 12.2. The Morgan fingerprint density at radius 2 is 2.04 bits per heavy atom. The summed E-state index contributed by atoms with van der Waals surface area (Å²) in [6.07, 6.45) is -4.48. The molecule has 24 heavy (non-hydrogen) atoms. The van der Waals surface area contributed by atoms with Crippen molar-refractivity contribution < 1.29 is 27.8 Å². The van der Waals surface area contributed by atoms with Crippen molar-refractivity contribution in [1.29, 1.82) is 0 Å². The van der Waals surface area contributed by atoms with E-state index in [2.05, 4.69) is 15.0 Å². The molecule has 0 radical (unpaired) electrons. The number of nitrogens with one attached hydrogen (secondary N) is 1. The van der Waals surface area contributed by atoms with Crippen LogP contribution in [-0.2, 0) is 6.61 Å². The van der Waals surface area contributed by atoms with Gasteiger partial charge >= 0.3 is 6.18 Å². The molecule has 8 heteroatoms. The van der Waals surface area contributed by atoms with Gasteiger partial charge in [-0.25, -0.2) is 4.98 Å². The Labute approximate surface area is 136 Å². The first-order valence-corrected chi connectivity index (χ1v) is 6.97. The second-order valence-corrected chi connectivity index (χ2v) is 5.03. The maximum absolute atomic E-state index is 12.2. The summed E-state index contributed by atoms with van der Waals surface area (Å²) in [4.78, 5) is 16.0. The molecule has 0 fully saturated rings. The predicted octanol–water partition coefficient (Wildman–Crippen LogP) is 3.08. The Kier molecular flexibility index (Phi) is 5.40. The molecule has 0 aliphatic carbocycles. The minimum absolute atomic E-state index is 0.0801. The number of nitrogens with zero attached hydrogens (tertiary/aromatic N) is 1. The van der Waals surface area contributed by atoms with Crippen LogP contribution >= 0.6 is 0 Å². The van der Waals surface area contributed by atoms with Crippen molar-refractivity contribution >= 4 is 11.6 Å². The zero-order valence-corrected chi connectivity index (χ0v) is 12.7. The van der Waals surface area contributed by atoms with E-state index < -0.39 is 18.7 Å². The Hall–Kier alpha value is -2.61. The summed E-state index contributed by atoms with van der Waals surface area (Å²) in [7, 11) is 0. The lowest BCUT2D eigenvalue weighted by Crippen LogP contribution is -2.20. The number of aliphatic hydroxyl groups is 1. The number of halogens is 3. The molecule has 0 aliphatic heterocycles. The van der Waals surface area contributed by atoms with Gasteiger partial charge in [-0.3, -0.25) is 4.79 Å². The molecule has 0 unspecified atom stereocenters. The molecule has 5 nitrogen and oxygen atoms in total. The zero-order valence-electron chi connectivity index (χ0n) is 12.7. The quantitative estimate of drug-likeness (QED) is 0.877. The van der Waals surface area contributed by atoms with Crippen molar-refractivity contribution in [2.75, 3.05) is 11.9 Å². The fourth-order valence-electron chi connectivity index (χ4n) is 1.87. The minimum atomic E-state index is -4.48. The van der Waals surface area contributed by atoms with E-state index in [1.54, 1.807) is 25.1 Å². The van der Waals surface area contributed by atoms with Crippen molar-refractivity contribution in [3.63, 3.8) is 0 Å². The number of benzene rings is 1.